The number of nitrogens with one attached hydrogen (secondary N) is 2. The van der Waals surface area contributed by atoms with Gasteiger partial charge in [0.1, 0.15) is 5.76 Å². The highest BCUT2D eigenvalue weighted by molar-refractivity contribution is 5.94. The first kappa shape index (κ1) is 16.5. The number of hydrogen-bond acceptors (Lipinski definition) is 4. The second-order valence-electron chi connectivity index (χ2n) is 5.18. The number of anilines is 1. The Kier molecular flexibility index (Phi) is 5.68. The van der Waals surface area contributed by atoms with Crippen LogP contribution in [0.1, 0.15) is 29.7 Å². The zero-order chi connectivity index (χ0) is 16.7. The summed E-state index contributed by atoms with van der Waals surface area (Å²) in [5, 5.41) is 6.56. The summed E-state index contributed by atoms with van der Waals surface area (Å²) in [5.74, 6) is 0.00532. The number of furan rings is 1. The van der Waals surface area contributed by atoms with Crippen molar-refractivity contribution in [2.75, 3.05) is 5.32 Å². The van der Waals surface area contributed by atoms with Gasteiger partial charge in [-0.25, -0.2) is 5.43 Å². The molecule has 1 heterocycles. The Hall–Kier alpha value is -2.89. The third kappa shape index (κ3) is 5.43. The summed E-state index contributed by atoms with van der Waals surface area (Å²) in [6.45, 7) is 3.88. The predicted molar refractivity (Wildman–Crippen MR) is 88.2 cm³/mol. The molecule has 2 rings (SSSR count). The molecule has 23 heavy (non-hydrogen) atoms. The standard InChI is InChI=1S/C17H19N3O3/c1-12-5-6-13(2)15(10-12)19-16(21)7-8-17(22)20-18-11-14-4-3-9-23-14/h3-6,9-11H,7-8H2,1-2H3,(H,19,21)(H,20,22)/b18-11+. The molecule has 0 saturated carbocycles. The predicted octanol–water partition coefficient (Wildman–Crippen LogP) is 2.77. The average molecular weight is 313 g/mol. The van der Waals surface area contributed by atoms with Crippen molar-refractivity contribution in [2.45, 2.75) is 26.7 Å². The second kappa shape index (κ2) is 7.93. The lowest BCUT2D eigenvalue weighted by molar-refractivity contribution is -0.124. The van der Waals surface area contributed by atoms with Crippen LogP contribution in [0.3, 0.4) is 0 Å². The molecule has 6 nitrogen and oxygen atoms in total. The van der Waals surface area contributed by atoms with E-state index in [0.717, 1.165) is 16.8 Å². The van der Waals surface area contributed by atoms with Crippen molar-refractivity contribution in [2.24, 2.45) is 5.10 Å². The molecule has 0 saturated heterocycles. The first-order chi connectivity index (χ1) is 11.0. The third-order valence-electron chi connectivity index (χ3n) is 3.17. The van der Waals surface area contributed by atoms with Crippen LogP contribution in [0.2, 0.25) is 0 Å². The number of hydrogen-bond donors (Lipinski definition) is 2. The van der Waals surface area contributed by atoms with Crippen LogP contribution < -0.4 is 10.7 Å². The zero-order valence-corrected chi connectivity index (χ0v) is 13.1. The summed E-state index contributed by atoms with van der Waals surface area (Å²) in [5.41, 5.74) is 5.17. The van der Waals surface area contributed by atoms with E-state index in [9.17, 15) is 9.59 Å². The first-order valence-electron chi connectivity index (χ1n) is 7.27. The molecular weight excluding hydrogens is 294 g/mol. The molecule has 0 unspecified atom stereocenters. The number of carbonyl (C=O) groups excluding carboxylic acids is 2. The van der Waals surface area contributed by atoms with E-state index >= 15 is 0 Å². The van der Waals surface area contributed by atoms with Crippen LogP contribution in [0.5, 0.6) is 0 Å². The lowest BCUT2D eigenvalue weighted by atomic mass is 10.1. The summed E-state index contributed by atoms with van der Waals surface area (Å²) >= 11 is 0. The molecule has 0 spiro atoms. The van der Waals surface area contributed by atoms with Gasteiger partial charge in [-0.15, -0.1) is 0 Å². The van der Waals surface area contributed by atoms with E-state index in [1.54, 1.807) is 12.1 Å². The number of hydrazone groups is 1. The van der Waals surface area contributed by atoms with Crippen molar-refractivity contribution >= 4 is 23.7 Å². The minimum atomic E-state index is -0.330. The van der Waals surface area contributed by atoms with Gasteiger partial charge >= 0.3 is 0 Å². The van der Waals surface area contributed by atoms with Crippen molar-refractivity contribution < 1.29 is 14.0 Å². The maximum atomic E-state index is 11.9. The normalized spacial score (nSPS) is 10.7. The molecule has 0 bridgehead atoms. The van der Waals surface area contributed by atoms with Crippen LogP contribution in [0.25, 0.3) is 0 Å². The van der Waals surface area contributed by atoms with Gasteiger partial charge in [0.2, 0.25) is 11.8 Å². The van der Waals surface area contributed by atoms with Gasteiger partial charge < -0.3 is 9.73 Å². The van der Waals surface area contributed by atoms with Crippen LogP contribution in [-0.2, 0) is 9.59 Å². The van der Waals surface area contributed by atoms with E-state index in [1.807, 2.05) is 32.0 Å². The molecule has 0 aliphatic carbocycles. The SMILES string of the molecule is Cc1ccc(C)c(NC(=O)CCC(=O)N/N=C/c2ccco2)c1. The molecule has 2 amide bonds. The molecule has 0 aliphatic heterocycles. The number of nitrogens with zero attached hydrogens (tertiary/aromatic N) is 1. The molecule has 0 aliphatic rings. The Balaban J connectivity index is 1.75. The Morgan fingerprint density at radius 2 is 1.96 bits per heavy atom. The zero-order valence-electron chi connectivity index (χ0n) is 13.1. The van der Waals surface area contributed by atoms with Crippen molar-refractivity contribution in [3.63, 3.8) is 0 Å². The highest BCUT2D eigenvalue weighted by Crippen LogP contribution is 2.16. The molecule has 2 aromatic rings. The fourth-order valence-electron chi connectivity index (χ4n) is 1.90. The van der Waals surface area contributed by atoms with Gasteiger partial charge in [-0.1, -0.05) is 12.1 Å². The average Bonchev–Trinajstić information content (AvgIpc) is 3.02. The monoisotopic (exact) mass is 313 g/mol. The minimum absolute atomic E-state index is 0.0617. The van der Waals surface area contributed by atoms with Gasteiger partial charge in [-0.3, -0.25) is 9.59 Å². The Morgan fingerprint density at radius 1 is 1.17 bits per heavy atom. The number of rotatable bonds is 6. The van der Waals surface area contributed by atoms with Gasteiger partial charge in [-0.05, 0) is 43.2 Å². The topological polar surface area (TPSA) is 83.7 Å². The number of carbonyl (C=O) groups is 2. The molecule has 0 radical (unpaired) electrons. The van der Waals surface area contributed by atoms with E-state index in [1.165, 1.54) is 12.5 Å². The number of amides is 2. The van der Waals surface area contributed by atoms with E-state index in [0.29, 0.717) is 5.76 Å². The smallest absolute Gasteiger partial charge is 0.240 e. The molecule has 1 aromatic carbocycles. The third-order valence-corrected chi connectivity index (χ3v) is 3.17. The number of aryl methyl sites for hydroxylation is 2. The van der Waals surface area contributed by atoms with Crippen molar-refractivity contribution in [1.29, 1.82) is 0 Å². The lowest BCUT2D eigenvalue weighted by Gasteiger charge is -2.09. The van der Waals surface area contributed by atoms with Gasteiger partial charge in [0, 0.05) is 18.5 Å². The molecule has 6 heteroatoms. The van der Waals surface area contributed by atoms with E-state index in [2.05, 4.69) is 15.8 Å². The highest BCUT2D eigenvalue weighted by atomic mass is 16.3. The van der Waals surface area contributed by atoms with Gasteiger partial charge in [-0.2, -0.15) is 5.10 Å². The van der Waals surface area contributed by atoms with Crippen molar-refractivity contribution in [3.05, 3.63) is 53.5 Å². The Labute approximate surface area is 134 Å². The molecule has 0 atom stereocenters. The van der Waals surface area contributed by atoms with Gasteiger partial charge in [0.05, 0.1) is 12.5 Å². The highest BCUT2D eigenvalue weighted by Gasteiger charge is 2.08. The van der Waals surface area contributed by atoms with Crippen LogP contribution in [0, 0.1) is 13.8 Å². The maximum Gasteiger partial charge on any atom is 0.240 e. The van der Waals surface area contributed by atoms with E-state index in [-0.39, 0.29) is 24.7 Å². The van der Waals surface area contributed by atoms with Crippen LogP contribution in [-0.4, -0.2) is 18.0 Å². The fraction of sp³-hybridized carbons (Fsp3) is 0.235. The second-order valence-corrected chi connectivity index (χ2v) is 5.18. The van der Waals surface area contributed by atoms with Crippen LogP contribution in [0.4, 0.5) is 5.69 Å². The van der Waals surface area contributed by atoms with E-state index in [4.69, 9.17) is 4.42 Å². The Bertz CT molecular complexity index is 706. The summed E-state index contributed by atoms with van der Waals surface area (Å²) < 4.78 is 5.04. The molecule has 120 valence electrons. The first-order valence-corrected chi connectivity index (χ1v) is 7.27. The van der Waals surface area contributed by atoms with Crippen molar-refractivity contribution in [3.8, 4) is 0 Å². The van der Waals surface area contributed by atoms with Crippen molar-refractivity contribution in [1.82, 2.24) is 5.43 Å². The maximum absolute atomic E-state index is 11.9. The quantitative estimate of drug-likeness (QED) is 0.635. The number of benzene rings is 1. The van der Waals surface area contributed by atoms with Gasteiger partial charge in [0.15, 0.2) is 0 Å². The fourth-order valence-corrected chi connectivity index (χ4v) is 1.90. The van der Waals surface area contributed by atoms with Crippen LogP contribution >= 0.6 is 0 Å². The molecule has 2 N–H and O–H groups in total. The minimum Gasteiger partial charge on any atom is -0.463 e. The Morgan fingerprint density at radius 3 is 2.70 bits per heavy atom. The largest absolute Gasteiger partial charge is 0.463 e. The van der Waals surface area contributed by atoms with Crippen LogP contribution in [0.15, 0.2) is 46.1 Å². The summed E-state index contributed by atoms with van der Waals surface area (Å²) in [7, 11) is 0. The summed E-state index contributed by atoms with van der Waals surface area (Å²) in [6, 6.07) is 9.27. The molecule has 1 aromatic heterocycles. The molecule has 0 fully saturated rings. The lowest BCUT2D eigenvalue weighted by Crippen LogP contribution is -2.20. The molecular formula is C17H19N3O3. The summed E-state index contributed by atoms with van der Waals surface area (Å²) in [4.78, 5) is 23.5. The summed E-state index contributed by atoms with van der Waals surface area (Å²) in [6.07, 6.45) is 3.07. The van der Waals surface area contributed by atoms with Gasteiger partial charge in [0.25, 0.3) is 0 Å². The van der Waals surface area contributed by atoms with E-state index < -0.39 is 0 Å².